The summed E-state index contributed by atoms with van der Waals surface area (Å²) in [5.41, 5.74) is 4.86. The number of halogens is 2. The standard InChI is InChI=1S/C15H12Cl2N2O/c1-10-2-5-12(6-3-10)15(20)19-18-9-11-4-7-13(16)14(17)8-11/h2-9H,1H3,(H,19,20). The summed E-state index contributed by atoms with van der Waals surface area (Å²) in [6.45, 7) is 1.96. The van der Waals surface area contributed by atoms with Crippen LogP contribution >= 0.6 is 23.2 Å². The molecule has 1 N–H and O–H groups in total. The maximum Gasteiger partial charge on any atom is 0.271 e. The highest BCUT2D eigenvalue weighted by Gasteiger charge is 2.02. The summed E-state index contributed by atoms with van der Waals surface area (Å²) < 4.78 is 0. The molecule has 0 aliphatic rings. The lowest BCUT2D eigenvalue weighted by Gasteiger charge is -2.00. The van der Waals surface area contributed by atoms with E-state index < -0.39 is 0 Å². The highest BCUT2D eigenvalue weighted by atomic mass is 35.5. The third-order valence-electron chi connectivity index (χ3n) is 2.64. The Bertz CT molecular complexity index is 651. The average molecular weight is 307 g/mol. The predicted molar refractivity (Wildman–Crippen MR) is 82.7 cm³/mol. The minimum atomic E-state index is -0.263. The second-order valence-electron chi connectivity index (χ2n) is 4.24. The van der Waals surface area contributed by atoms with Crippen molar-refractivity contribution in [2.45, 2.75) is 6.92 Å². The molecular formula is C15H12Cl2N2O. The van der Waals surface area contributed by atoms with Crippen LogP contribution in [-0.2, 0) is 0 Å². The molecule has 0 aromatic heterocycles. The van der Waals surface area contributed by atoms with Gasteiger partial charge in [-0.1, -0.05) is 47.0 Å². The summed E-state index contributed by atoms with van der Waals surface area (Å²) in [5.74, 6) is -0.263. The zero-order valence-corrected chi connectivity index (χ0v) is 12.2. The van der Waals surface area contributed by atoms with Gasteiger partial charge in [0.15, 0.2) is 0 Å². The molecule has 0 radical (unpaired) electrons. The molecule has 0 atom stereocenters. The fourth-order valence-corrected chi connectivity index (χ4v) is 1.83. The number of nitrogens with zero attached hydrogens (tertiary/aromatic N) is 1. The van der Waals surface area contributed by atoms with Crippen molar-refractivity contribution in [2.24, 2.45) is 5.10 Å². The molecule has 1 amide bonds. The van der Waals surface area contributed by atoms with Crippen LogP contribution in [0.4, 0.5) is 0 Å². The molecule has 0 fully saturated rings. The molecule has 0 heterocycles. The van der Waals surface area contributed by atoms with Crippen molar-refractivity contribution in [3.05, 3.63) is 69.2 Å². The molecule has 2 rings (SSSR count). The minimum absolute atomic E-state index is 0.263. The first-order valence-electron chi connectivity index (χ1n) is 5.91. The van der Waals surface area contributed by atoms with E-state index in [2.05, 4.69) is 10.5 Å². The van der Waals surface area contributed by atoms with E-state index in [1.165, 1.54) is 6.21 Å². The molecule has 0 bridgehead atoms. The zero-order valence-electron chi connectivity index (χ0n) is 10.7. The van der Waals surface area contributed by atoms with Crippen molar-refractivity contribution in [3.8, 4) is 0 Å². The van der Waals surface area contributed by atoms with Crippen molar-refractivity contribution in [1.29, 1.82) is 0 Å². The minimum Gasteiger partial charge on any atom is -0.267 e. The van der Waals surface area contributed by atoms with Gasteiger partial charge in [-0.15, -0.1) is 0 Å². The molecule has 0 saturated heterocycles. The second-order valence-corrected chi connectivity index (χ2v) is 5.05. The van der Waals surface area contributed by atoms with E-state index >= 15 is 0 Å². The van der Waals surface area contributed by atoms with Crippen LogP contribution in [0.2, 0.25) is 10.0 Å². The van der Waals surface area contributed by atoms with E-state index in [0.29, 0.717) is 15.6 Å². The molecule has 0 spiro atoms. The van der Waals surface area contributed by atoms with Gasteiger partial charge in [-0.05, 0) is 36.8 Å². The van der Waals surface area contributed by atoms with Gasteiger partial charge in [0.1, 0.15) is 0 Å². The third-order valence-corrected chi connectivity index (χ3v) is 3.38. The Morgan fingerprint density at radius 3 is 2.45 bits per heavy atom. The first-order chi connectivity index (χ1) is 9.56. The summed E-state index contributed by atoms with van der Waals surface area (Å²) in [5, 5.41) is 4.81. The molecule has 102 valence electrons. The number of carbonyl (C=O) groups excluding carboxylic acids is 1. The first kappa shape index (κ1) is 14.6. The van der Waals surface area contributed by atoms with Gasteiger partial charge in [0.05, 0.1) is 16.3 Å². The highest BCUT2D eigenvalue weighted by Crippen LogP contribution is 2.21. The van der Waals surface area contributed by atoms with Crippen LogP contribution in [0.25, 0.3) is 0 Å². The molecule has 2 aromatic rings. The van der Waals surface area contributed by atoms with Gasteiger partial charge in [0.25, 0.3) is 5.91 Å². The lowest BCUT2D eigenvalue weighted by atomic mass is 10.1. The van der Waals surface area contributed by atoms with Crippen molar-refractivity contribution in [1.82, 2.24) is 5.43 Å². The van der Waals surface area contributed by atoms with Gasteiger partial charge >= 0.3 is 0 Å². The van der Waals surface area contributed by atoms with E-state index in [-0.39, 0.29) is 5.91 Å². The van der Waals surface area contributed by atoms with E-state index in [0.717, 1.165) is 11.1 Å². The van der Waals surface area contributed by atoms with Gasteiger partial charge < -0.3 is 0 Å². The molecule has 2 aromatic carbocycles. The predicted octanol–water partition coefficient (Wildman–Crippen LogP) is 4.07. The zero-order chi connectivity index (χ0) is 14.5. The van der Waals surface area contributed by atoms with Gasteiger partial charge in [-0.2, -0.15) is 5.10 Å². The van der Waals surface area contributed by atoms with Crippen LogP contribution in [0, 0.1) is 6.92 Å². The van der Waals surface area contributed by atoms with Crippen LogP contribution in [0.15, 0.2) is 47.6 Å². The summed E-state index contributed by atoms with van der Waals surface area (Å²) in [6.07, 6.45) is 1.51. The van der Waals surface area contributed by atoms with Crippen molar-refractivity contribution < 1.29 is 4.79 Å². The quantitative estimate of drug-likeness (QED) is 0.674. The number of nitrogens with one attached hydrogen (secondary N) is 1. The number of aryl methyl sites for hydroxylation is 1. The molecule has 5 heteroatoms. The van der Waals surface area contributed by atoms with Crippen LogP contribution in [0.3, 0.4) is 0 Å². The smallest absolute Gasteiger partial charge is 0.267 e. The summed E-state index contributed by atoms with van der Waals surface area (Å²) in [4.78, 5) is 11.8. The van der Waals surface area contributed by atoms with Crippen molar-refractivity contribution in [2.75, 3.05) is 0 Å². The topological polar surface area (TPSA) is 41.5 Å². The molecule has 0 aliphatic heterocycles. The Hall–Kier alpha value is -1.84. The summed E-state index contributed by atoms with van der Waals surface area (Å²) >= 11 is 11.7. The largest absolute Gasteiger partial charge is 0.271 e. The first-order valence-corrected chi connectivity index (χ1v) is 6.67. The van der Waals surface area contributed by atoms with Gasteiger partial charge in [0.2, 0.25) is 0 Å². The summed E-state index contributed by atoms with van der Waals surface area (Å²) in [6, 6.07) is 12.3. The highest BCUT2D eigenvalue weighted by molar-refractivity contribution is 6.42. The van der Waals surface area contributed by atoms with Crippen LogP contribution < -0.4 is 5.43 Å². The molecule has 0 unspecified atom stereocenters. The second kappa shape index (κ2) is 6.55. The number of carbonyl (C=O) groups is 1. The average Bonchev–Trinajstić information content (AvgIpc) is 2.43. The number of hydrogen-bond acceptors (Lipinski definition) is 2. The normalized spacial score (nSPS) is 10.8. The van der Waals surface area contributed by atoms with Crippen molar-refractivity contribution in [3.63, 3.8) is 0 Å². The molecule has 3 nitrogen and oxygen atoms in total. The van der Waals surface area contributed by atoms with Crippen LogP contribution in [-0.4, -0.2) is 12.1 Å². The fourth-order valence-electron chi connectivity index (χ4n) is 1.53. The molecule has 0 aliphatic carbocycles. The Morgan fingerprint density at radius 2 is 1.80 bits per heavy atom. The van der Waals surface area contributed by atoms with E-state index in [1.807, 2.05) is 19.1 Å². The Kier molecular flexibility index (Phi) is 4.77. The third kappa shape index (κ3) is 3.83. The number of hydrazone groups is 1. The number of rotatable bonds is 3. The number of benzene rings is 2. The number of amides is 1. The summed E-state index contributed by atoms with van der Waals surface area (Å²) in [7, 11) is 0. The lowest BCUT2D eigenvalue weighted by Crippen LogP contribution is -2.17. The van der Waals surface area contributed by atoms with Crippen molar-refractivity contribution >= 4 is 35.3 Å². The maximum absolute atomic E-state index is 11.8. The molecule has 20 heavy (non-hydrogen) atoms. The fraction of sp³-hybridized carbons (Fsp3) is 0.0667. The van der Waals surface area contributed by atoms with Crippen LogP contribution in [0.5, 0.6) is 0 Å². The Labute approximate surface area is 127 Å². The van der Waals surface area contributed by atoms with Crippen LogP contribution in [0.1, 0.15) is 21.5 Å². The van der Waals surface area contributed by atoms with Gasteiger partial charge in [0, 0.05) is 5.56 Å². The monoisotopic (exact) mass is 306 g/mol. The Morgan fingerprint density at radius 1 is 1.10 bits per heavy atom. The lowest BCUT2D eigenvalue weighted by molar-refractivity contribution is 0.0955. The molecular weight excluding hydrogens is 295 g/mol. The van der Waals surface area contributed by atoms with E-state index in [1.54, 1.807) is 30.3 Å². The van der Waals surface area contributed by atoms with E-state index in [9.17, 15) is 4.79 Å². The van der Waals surface area contributed by atoms with E-state index in [4.69, 9.17) is 23.2 Å². The van der Waals surface area contributed by atoms with Gasteiger partial charge in [-0.3, -0.25) is 4.79 Å². The molecule has 0 saturated carbocycles. The SMILES string of the molecule is Cc1ccc(C(=O)NN=Cc2ccc(Cl)c(Cl)c2)cc1. The Balaban J connectivity index is 2.00. The van der Waals surface area contributed by atoms with Gasteiger partial charge in [-0.25, -0.2) is 5.43 Å². The number of hydrogen-bond donors (Lipinski definition) is 1. The maximum atomic E-state index is 11.8.